The van der Waals surface area contributed by atoms with Gasteiger partial charge in [-0.05, 0) is 50.5 Å². The maximum absolute atomic E-state index is 13.1. The molecule has 1 amide bonds. The van der Waals surface area contributed by atoms with Crippen molar-refractivity contribution >= 4 is 16.9 Å². The molecule has 0 saturated carbocycles. The standard InChI is InChI=1S/C19H23N5O/c1-14-21-17-12-15(7-8-18(17)22(14)2)19(25)24-11-4-3-6-16(24)13-23-10-5-9-20-23/h5,7-10,12,16H,3-4,6,11,13H2,1-2H3/t16-/m0/s1. The molecule has 25 heavy (non-hydrogen) atoms. The molecule has 0 aliphatic carbocycles. The molecular formula is C19H23N5O. The molecule has 3 heterocycles. The summed E-state index contributed by atoms with van der Waals surface area (Å²) in [5, 5.41) is 4.30. The molecule has 1 aliphatic heterocycles. The van der Waals surface area contributed by atoms with Crippen LogP contribution in [0.2, 0.25) is 0 Å². The predicted octanol–water partition coefficient (Wildman–Crippen LogP) is 2.77. The van der Waals surface area contributed by atoms with Crippen LogP contribution >= 0.6 is 0 Å². The minimum Gasteiger partial charge on any atom is -0.334 e. The summed E-state index contributed by atoms with van der Waals surface area (Å²) < 4.78 is 3.96. The molecule has 1 saturated heterocycles. The van der Waals surface area contributed by atoms with Gasteiger partial charge in [0, 0.05) is 31.5 Å². The summed E-state index contributed by atoms with van der Waals surface area (Å²) in [6, 6.07) is 7.96. The van der Waals surface area contributed by atoms with Crippen molar-refractivity contribution < 1.29 is 4.79 Å². The molecule has 2 aromatic heterocycles. The second-order valence-corrected chi connectivity index (χ2v) is 6.80. The van der Waals surface area contributed by atoms with Crippen LogP contribution in [0.25, 0.3) is 11.0 Å². The molecule has 1 fully saturated rings. The summed E-state index contributed by atoms with van der Waals surface area (Å²) in [7, 11) is 2.00. The Morgan fingerprint density at radius 3 is 3.00 bits per heavy atom. The summed E-state index contributed by atoms with van der Waals surface area (Å²) in [4.78, 5) is 19.7. The van der Waals surface area contributed by atoms with Crippen LogP contribution in [0.3, 0.4) is 0 Å². The van der Waals surface area contributed by atoms with E-state index < -0.39 is 0 Å². The van der Waals surface area contributed by atoms with Crippen molar-refractivity contribution in [2.45, 2.75) is 38.8 Å². The van der Waals surface area contributed by atoms with Gasteiger partial charge in [-0.2, -0.15) is 5.10 Å². The van der Waals surface area contributed by atoms with Gasteiger partial charge in [0.15, 0.2) is 0 Å². The van der Waals surface area contributed by atoms with Crippen molar-refractivity contribution in [3.8, 4) is 0 Å². The van der Waals surface area contributed by atoms with E-state index in [0.29, 0.717) is 0 Å². The van der Waals surface area contributed by atoms with Crippen molar-refractivity contribution in [1.29, 1.82) is 0 Å². The van der Waals surface area contributed by atoms with Crippen molar-refractivity contribution in [2.24, 2.45) is 7.05 Å². The van der Waals surface area contributed by atoms with Crippen LogP contribution in [0.4, 0.5) is 0 Å². The zero-order valence-electron chi connectivity index (χ0n) is 14.7. The van der Waals surface area contributed by atoms with Gasteiger partial charge < -0.3 is 9.47 Å². The van der Waals surface area contributed by atoms with E-state index in [0.717, 1.165) is 54.8 Å². The number of imidazole rings is 1. The Labute approximate surface area is 147 Å². The Kier molecular flexibility index (Phi) is 4.03. The first kappa shape index (κ1) is 15.9. The SMILES string of the molecule is Cc1nc2cc(C(=O)N3CCCC[C@H]3Cn3cccn3)ccc2n1C. The van der Waals surface area contributed by atoms with Gasteiger partial charge in [-0.15, -0.1) is 0 Å². The first-order valence-electron chi connectivity index (χ1n) is 8.85. The average molecular weight is 337 g/mol. The quantitative estimate of drug-likeness (QED) is 0.738. The van der Waals surface area contributed by atoms with Crippen molar-refractivity contribution in [1.82, 2.24) is 24.2 Å². The van der Waals surface area contributed by atoms with Gasteiger partial charge in [-0.1, -0.05) is 0 Å². The van der Waals surface area contributed by atoms with Gasteiger partial charge >= 0.3 is 0 Å². The van der Waals surface area contributed by atoms with Crippen LogP contribution in [0.5, 0.6) is 0 Å². The Hall–Kier alpha value is -2.63. The highest BCUT2D eigenvalue weighted by Crippen LogP contribution is 2.23. The molecule has 6 heteroatoms. The smallest absolute Gasteiger partial charge is 0.254 e. The molecule has 130 valence electrons. The minimum atomic E-state index is 0.0991. The maximum atomic E-state index is 13.1. The van der Waals surface area contributed by atoms with Crippen LogP contribution in [0.15, 0.2) is 36.7 Å². The van der Waals surface area contributed by atoms with Crippen LogP contribution in [-0.2, 0) is 13.6 Å². The number of hydrogen-bond acceptors (Lipinski definition) is 3. The predicted molar refractivity (Wildman–Crippen MR) is 96.4 cm³/mol. The largest absolute Gasteiger partial charge is 0.334 e. The van der Waals surface area contributed by atoms with Crippen molar-refractivity contribution in [3.05, 3.63) is 48.0 Å². The number of amides is 1. The Bertz CT molecular complexity index is 896. The molecule has 4 rings (SSSR count). The zero-order valence-corrected chi connectivity index (χ0v) is 14.7. The molecule has 0 spiro atoms. The van der Waals surface area contributed by atoms with Crippen molar-refractivity contribution in [3.63, 3.8) is 0 Å². The lowest BCUT2D eigenvalue weighted by atomic mass is 10.0. The van der Waals surface area contributed by atoms with Gasteiger partial charge in [0.05, 0.1) is 23.6 Å². The number of rotatable bonds is 3. The van der Waals surface area contributed by atoms with Gasteiger partial charge in [0.2, 0.25) is 0 Å². The molecule has 1 aromatic carbocycles. The summed E-state index contributed by atoms with van der Waals surface area (Å²) >= 11 is 0. The Morgan fingerprint density at radius 1 is 1.32 bits per heavy atom. The van der Waals surface area contributed by atoms with E-state index >= 15 is 0 Å². The number of nitrogens with zero attached hydrogens (tertiary/aromatic N) is 5. The molecule has 0 N–H and O–H groups in total. The number of piperidine rings is 1. The fourth-order valence-electron chi connectivity index (χ4n) is 3.70. The lowest BCUT2D eigenvalue weighted by Crippen LogP contribution is -2.45. The minimum absolute atomic E-state index is 0.0991. The maximum Gasteiger partial charge on any atom is 0.254 e. The van der Waals surface area contributed by atoms with Crippen LogP contribution in [0, 0.1) is 6.92 Å². The average Bonchev–Trinajstić information content (AvgIpc) is 3.23. The summed E-state index contributed by atoms with van der Waals surface area (Å²) in [6.07, 6.45) is 6.99. The number of fused-ring (bicyclic) bond motifs is 1. The number of carbonyl (C=O) groups excluding carboxylic acids is 1. The third kappa shape index (κ3) is 2.92. The first-order chi connectivity index (χ1) is 12.1. The molecule has 1 atom stereocenters. The Morgan fingerprint density at radius 2 is 2.20 bits per heavy atom. The highest BCUT2D eigenvalue weighted by atomic mass is 16.2. The van der Waals surface area contributed by atoms with Crippen LogP contribution in [0.1, 0.15) is 35.4 Å². The third-order valence-corrected chi connectivity index (χ3v) is 5.20. The number of benzene rings is 1. The lowest BCUT2D eigenvalue weighted by Gasteiger charge is -2.35. The van der Waals surface area contributed by atoms with Crippen LogP contribution in [-0.4, -0.2) is 42.7 Å². The molecule has 3 aromatic rings. The van der Waals surface area contributed by atoms with E-state index in [1.165, 1.54) is 0 Å². The summed E-state index contributed by atoms with van der Waals surface area (Å²) in [6.45, 7) is 3.54. The molecule has 0 unspecified atom stereocenters. The molecule has 1 aliphatic rings. The van der Waals surface area contributed by atoms with Crippen LogP contribution < -0.4 is 0 Å². The highest BCUT2D eigenvalue weighted by molar-refractivity contribution is 5.97. The zero-order chi connectivity index (χ0) is 17.4. The second kappa shape index (κ2) is 6.35. The normalized spacial score (nSPS) is 18.0. The van der Waals surface area contributed by atoms with E-state index in [-0.39, 0.29) is 11.9 Å². The molecule has 0 bridgehead atoms. The number of aryl methyl sites for hydroxylation is 2. The molecular weight excluding hydrogens is 314 g/mol. The second-order valence-electron chi connectivity index (χ2n) is 6.80. The fourth-order valence-corrected chi connectivity index (χ4v) is 3.70. The van der Waals surface area contributed by atoms with Gasteiger partial charge in [0.25, 0.3) is 5.91 Å². The Balaban J connectivity index is 1.61. The highest BCUT2D eigenvalue weighted by Gasteiger charge is 2.28. The van der Waals surface area contributed by atoms with E-state index in [9.17, 15) is 4.79 Å². The number of likely N-dealkylation sites (tertiary alicyclic amines) is 1. The van der Waals surface area contributed by atoms with Crippen molar-refractivity contribution in [2.75, 3.05) is 6.54 Å². The number of aromatic nitrogens is 4. The molecule has 0 radical (unpaired) electrons. The number of carbonyl (C=O) groups is 1. The topological polar surface area (TPSA) is 56.0 Å². The van der Waals surface area contributed by atoms with Gasteiger partial charge in [-0.3, -0.25) is 9.48 Å². The van der Waals surface area contributed by atoms with E-state index in [4.69, 9.17) is 0 Å². The first-order valence-corrected chi connectivity index (χ1v) is 8.85. The summed E-state index contributed by atoms with van der Waals surface area (Å²) in [5.41, 5.74) is 2.66. The third-order valence-electron chi connectivity index (χ3n) is 5.20. The van der Waals surface area contributed by atoms with Gasteiger partial charge in [0.1, 0.15) is 5.82 Å². The van der Waals surface area contributed by atoms with E-state index in [1.54, 1.807) is 6.20 Å². The van der Waals surface area contributed by atoms with E-state index in [2.05, 4.69) is 10.1 Å². The molecule has 6 nitrogen and oxygen atoms in total. The lowest BCUT2D eigenvalue weighted by molar-refractivity contribution is 0.0584. The fraction of sp³-hybridized carbons (Fsp3) is 0.421. The number of hydrogen-bond donors (Lipinski definition) is 0. The van der Waals surface area contributed by atoms with Gasteiger partial charge in [-0.25, -0.2) is 4.98 Å². The van der Waals surface area contributed by atoms with E-state index in [1.807, 2.05) is 58.6 Å². The monoisotopic (exact) mass is 337 g/mol. The summed E-state index contributed by atoms with van der Waals surface area (Å²) in [5.74, 6) is 1.05.